The zero-order valence-electron chi connectivity index (χ0n) is 24.6. The first-order chi connectivity index (χ1) is 21.2. The molecule has 0 saturated heterocycles. The minimum atomic E-state index is -4.04. The molecule has 13 nitrogen and oxygen atoms in total. The van der Waals surface area contributed by atoms with Crippen molar-refractivity contribution in [1.29, 1.82) is 0 Å². The Labute approximate surface area is 257 Å². The van der Waals surface area contributed by atoms with Crippen molar-refractivity contribution in [3.8, 4) is 46.0 Å². The zero-order valence-corrected chi connectivity index (χ0v) is 27.4. The average Bonchev–Trinajstić information content (AvgIpc) is 3.01. The van der Waals surface area contributed by atoms with Crippen molar-refractivity contribution in [2.75, 3.05) is 28.4 Å². The third-order valence-electron chi connectivity index (χ3n) is 6.22. The summed E-state index contributed by atoms with van der Waals surface area (Å²) in [7, 11) is -5.01. The second-order valence-corrected chi connectivity index (χ2v) is 16.8. The molecule has 1 heterocycles. The summed E-state index contributed by atoms with van der Waals surface area (Å²) >= 11 is 0. The van der Waals surface area contributed by atoms with Crippen molar-refractivity contribution in [2.45, 2.75) is 0 Å². The predicted molar refractivity (Wildman–Crippen MR) is 175 cm³/mol. The van der Waals surface area contributed by atoms with Crippen molar-refractivity contribution >= 4 is 23.5 Å². The molecule has 4 aromatic rings. The second kappa shape index (κ2) is 13.5. The number of hydrogen-bond donors (Lipinski definition) is 4. The van der Waals surface area contributed by atoms with E-state index in [0.717, 1.165) is 0 Å². The maximum atomic E-state index is 6.67. The Bertz CT molecular complexity index is 1490. The molecule has 16 heteroatoms. The van der Waals surface area contributed by atoms with Gasteiger partial charge < -0.3 is 0 Å². The van der Waals surface area contributed by atoms with E-state index in [2.05, 4.69) is 9.72 Å². The van der Waals surface area contributed by atoms with E-state index < -0.39 is 23.5 Å². The fraction of sp³-hybridized carbons (Fsp3) is 0.143. The fourth-order valence-corrected chi connectivity index (χ4v) is 15.0. The average molecular weight is 664 g/mol. The van der Waals surface area contributed by atoms with Crippen LogP contribution in [0.1, 0.15) is 0 Å². The van der Waals surface area contributed by atoms with Crippen LogP contribution in [0.25, 0.3) is 0 Å². The monoisotopic (exact) mass is 663 g/mol. The molecule has 0 amide bonds. The Morgan fingerprint density at radius 1 is 0.477 bits per heavy atom. The van der Waals surface area contributed by atoms with Gasteiger partial charge in [-0.3, -0.25) is 0 Å². The van der Waals surface area contributed by atoms with Crippen LogP contribution in [0, 0.1) is 0 Å². The fourth-order valence-electron chi connectivity index (χ4n) is 4.20. The van der Waals surface area contributed by atoms with Gasteiger partial charge in [-0.25, -0.2) is 0 Å². The summed E-state index contributed by atoms with van der Waals surface area (Å²) in [5, 5.41) is 0. The second-order valence-electron chi connectivity index (χ2n) is 9.38. The molecular formula is C28H36N5O8P3. The van der Waals surface area contributed by atoms with Crippen LogP contribution in [0.3, 0.4) is 0 Å². The van der Waals surface area contributed by atoms with E-state index in [1.54, 1.807) is 126 Å². The third kappa shape index (κ3) is 7.83. The van der Waals surface area contributed by atoms with Crippen LogP contribution >= 0.6 is 23.5 Å². The summed E-state index contributed by atoms with van der Waals surface area (Å²) in [4.78, 5) is 6.58. The van der Waals surface area contributed by atoms with Gasteiger partial charge in [-0.15, -0.1) is 0 Å². The summed E-state index contributed by atoms with van der Waals surface area (Å²) < 4.78 is 52.3. The standard InChI is InChI=1S/C28H36N5O8P3/c1-34-21-5-13-25(14-6-21)38-43(39-26-15-7-22(35-2)8-16-26)31-42(29,30)32-44(33-43,40-27-17-9-23(36-3)10-18-27)41-28-19-11-24(37-4)12-20-28/h5-20,31,33,43-44H,29-30H2,1-4H3. The molecule has 44 heavy (non-hydrogen) atoms. The Balaban J connectivity index is 1.61. The number of nitrogens with two attached hydrogens (primary N) is 2. The van der Waals surface area contributed by atoms with E-state index in [0.29, 0.717) is 46.0 Å². The Kier molecular flexibility index (Phi) is 9.68. The van der Waals surface area contributed by atoms with Crippen LogP contribution in [0.2, 0.25) is 0 Å². The topological polar surface area (TPSA) is 162 Å². The molecule has 6 N–H and O–H groups in total. The van der Waals surface area contributed by atoms with Gasteiger partial charge >= 0.3 is 257 Å². The number of rotatable bonds is 12. The molecule has 236 valence electrons. The van der Waals surface area contributed by atoms with Gasteiger partial charge in [-0.05, 0) is 0 Å². The van der Waals surface area contributed by atoms with Crippen LogP contribution in [-0.2, 0) is 0 Å². The first-order valence-corrected chi connectivity index (χ1v) is 18.7. The molecule has 0 unspecified atom stereocenters. The van der Waals surface area contributed by atoms with Gasteiger partial charge in [0.1, 0.15) is 0 Å². The third-order valence-corrected chi connectivity index (χ3v) is 15.9. The Morgan fingerprint density at radius 3 is 1.05 bits per heavy atom. The number of ether oxygens (including phenoxy) is 4. The normalized spacial score (nSPS) is 17.5. The van der Waals surface area contributed by atoms with Crippen LogP contribution in [0.5, 0.6) is 46.0 Å². The molecule has 0 aromatic heterocycles. The number of hydrogen-bond acceptors (Lipinski definition) is 13. The van der Waals surface area contributed by atoms with Crippen molar-refractivity contribution < 1.29 is 37.0 Å². The quantitative estimate of drug-likeness (QED) is 0.127. The van der Waals surface area contributed by atoms with E-state index in [-0.39, 0.29) is 0 Å². The van der Waals surface area contributed by atoms with Crippen molar-refractivity contribution in [3.05, 3.63) is 97.1 Å². The summed E-state index contributed by atoms with van der Waals surface area (Å²) in [5.41, 5.74) is 13.3. The summed E-state index contributed by atoms with van der Waals surface area (Å²) in [6.45, 7) is 0. The van der Waals surface area contributed by atoms with Crippen LogP contribution in [-0.4, -0.2) is 28.4 Å². The van der Waals surface area contributed by atoms with Gasteiger partial charge in [0.2, 0.25) is 0 Å². The maximum absolute atomic E-state index is 6.67. The van der Waals surface area contributed by atoms with Gasteiger partial charge in [-0.2, -0.15) is 0 Å². The summed E-state index contributed by atoms with van der Waals surface area (Å²) in [5.74, 6) is 4.35. The minimum absolute atomic E-state index is 0.431. The van der Waals surface area contributed by atoms with E-state index in [4.69, 9.17) is 52.6 Å². The van der Waals surface area contributed by atoms with Gasteiger partial charge in [-0.1, -0.05) is 0 Å². The molecule has 0 radical (unpaired) electrons. The van der Waals surface area contributed by atoms with Gasteiger partial charge in [0.05, 0.1) is 0 Å². The van der Waals surface area contributed by atoms with Gasteiger partial charge in [0.25, 0.3) is 0 Å². The molecule has 4 aromatic carbocycles. The zero-order chi connectivity index (χ0) is 31.2. The number of methoxy groups -OCH3 is 4. The van der Waals surface area contributed by atoms with E-state index in [9.17, 15) is 0 Å². The number of nitrogens with one attached hydrogen (secondary N) is 2. The molecule has 5 rings (SSSR count). The molecule has 0 atom stereocenters. The Hall–Kier alpha value is -3.79. The molecule has 1 aliphatic heterocycles. The first-order valence-electron chi connectivity index (χ1n) is 13.3. The number of nitrogens with zero attached hydrogens (tertiary/aromatic N) is 1. The van der Waals surface area contributed by atoms with E-state index in [1.165, 1.54) is 0 Å². The van der Waals surface area contributed by atoms with E-state index >= 15 is 0 Å². The molecule has 0 saturated carbocycles. The summed E-state index contributed by atoms with van der Waals surface area (Å²) in [6.07, 6.45) is 0. The van der Waals surface area contributed by atoms with Gasteiger partial charge in [0.15, 0.2) is 0 Å². The molecule has 0 bridgehead atoms. The van der Waals surface area contributed by atoms with Gasteiger partial charge in [0, 0.05) is 0 Å². The molecule has 1 aliphatic rings. The van der Waals surface area contributed by atoms with Crippen LogP contribution in [0.15, 0.2) is 102 Å². The predicted octanol–water partition coefficient (Wildman–Crippen LogP) is 6.21. The molecular weight excluding hydrogens is 627 g/mol. The van der Waals surface area contributed by atoms with Crippen molar-refractivity contribution in [2.24, 2.45) is 15.5 Å². The number of benzene rings is 4. The molecule has 0 aliphatic carbocycles. The molecule has 0 spiro atoms. The van der Waals surface area contributed by atoms with Crippen molar-refractivity contribution in [1.82, 2.24) is 9.72 Å². The SMILES string of the molecule is COc1ccc(O[PH]2(Oc3ccc(OC)cc3)N=P(N)(N)N[PH](Oc3ccc(OC)cc3)(Oc3ccc(OC)cc3)N2)cc1. The summed E-state index contributed by atoms with van der Waals surface area (Å²) in [6, 6.07) is 28.0. The van der Waals surface area contributed by atoms with Crippen LogP contribution in [0.4, 0.5) is 0 Å². The van der Waals surface area contributed by atoms with Crippen LogP contribution < -0.4 is 57.8 Å². The first kappa shape index (κ1) is 31.6. The Morgan fingerprint density at radius 2 is 0.750 bits per heavy atom. The van der Waals surface area contributed by atoms with Crippen molar-refractivity contribution in [3.63, 3.8) is 0 Å². The van der Waals surface area contributed by atoms with E-state index in [1.807, 2.05) is 0 Å². The molecule has 0 fully saturated rings.